The summed E-state index contributed by atoms with van der Waals surface area (Å²) < 4.78 is 5.00. The molecule has 0 radical (unpaired) electrons. The molecule has 1 aliphatic heterocycles. The van der Waals surface area contributed by atoms with Crippen molar-refractivity contribution < 1.29 is 24.0 Å². The minimum absolute atomic E-state index is 0. The van der Waals surface area contributed by atoms with Gasteiger partial charge in [0.05, 0.1) is 0 Å². The molecule has 2 amide bonds. The van der Waals surface area contributed by atoms with Gasteiger partial charge in [-0.1, -0.05) is 5.06 Å². The van der Waals surface area contributed by atoms with Crippen LogP contribution in [0.4, 0.5) is 4.79 Å². The Bertz CT molecular complexity index is 316. The van der Waals surface area contributed by atoms with Crippen LogP contribution < -0.4 is 0 Å². The number of ether oxygens (including phenoxy) is 1. The first-order valence-corrected chi connectivity index (χ1v) is 5.91. The maximum Gasteiger partial charge on any atom is 0.534 e. The summed E-state index contributed by atoms with van der Waals surface area (Å²) in [4.78, 5) is 38.4. The topological polar surface area (TPSA) is 72.9 Å². The van der Waals surface area contributed by atoms with Gasteiger partial charge in [0.15, 0.2) is 0 Å². The van der Waals surface area contributed by atoms with Crippen LogP contribution in [-0.2, 0) is 19.2 Å². The average Bonchev–Trinajstić information content (AvgIpc) is 2.61. The maximum atomic E-state index is 11.4. The van der Waals surface area contributed by atoms with E-state index in [1.807, 2.05) is 0 Å². The fraction of sp³-hybridized carbons (Fsp3) is 0.583. The Morgan fingerprint density at radius 3 is 1.95 bits per heavy atom. The van der Waals surface area contributed by atoms with Crippen molar-refractivity contribution in [2.75, 3.05) is 0 Å². The number of hydrogen-bond donors (Lipinski definition) is 0. The summed E-state index contributed by atoms with van der Waals surface area (Å²) >= 11 is 0. The second kappa shape index (κ2) is 8.49. The molecule has 0 bridgehead atoms. The van der Waals surface area contributed by atoms with Crippen molar-refractivity contribution in [3.05, 3.63) is 13.8 Å². The van der Waals surface area contributed by atoms with Crippen LogP contribution in [0.1, 0.15) is 38.5 Å². The molecule has 0 aliphatic carbocycles. The molecule has 0 atom stereocenters. The van der Waals surface area contributed by atoms with Gasteiger partial charge in [-0.05, 0) is 12.8 Å². The van der Waals surface area contributed by atoms with Crippen LogP contribution >= 0.6 is 0 Å². The van der Waals surface area contributed by atoms with Crippen LogP contribution in [0.15, 0.2) is 0 Å². The molecule has 1 aliphatic rings. The van der Waals surface area contributed by atoms with Gasteiger partial charge in [-0.25, -0.2) is 4.79 Å². The van der Waals surface area contributed by atoms with E-state index in [2.05, 4.69) is 18.7 Å². The van der Waals surface area contributed by atoms with Crippen LogP contribution in [0, 0.1) is 13.8 Å². The molecule has 0 saturated carbocycles. The second-order valence-corrected chi connectivity index (χ2v) is 3.95. The molecule has 1 heterocycles. The van der Waals surface area contributed by atoms with Crippen LogP contribution in [0.3, 0.4) is 0 Å². The van der Waals surface area contributed by atoms with Gasteiger partial charge in [-0.3, -0.25) is 14.4 Å². The molecule has 0 aromatic carbocycles. The van der Waals surface area contributed by atoms with Gasteiger partial charge >= 0.3 is 6.16 Å². The first-order chi connectivity index (χ1) is 8.58. The monoisotopic (exact) mass is 741 g/mol. The predicted octanol–water partition coefficient (Wildman–Crippen LogP) is 1.80. The fourth-order valence-electron chi connectivity index (χ4n) is 1.61. The average molecular weight is 749 g/mol. The molecule has 0 N–H and O–H groups in total. The summed E-state index contributed by atoms with van der Waals surface area (Å²) in [6, 6.07) is 0. The minimum atomic E-state index is -1.04. The number of carbonyl (C=O) groups excluding carboxylic acids is 3. The molecule has 6 nitrogen and oxygen atoms in total. The van der Waals surface area contributed by atoms with Gasteiger partial charge in [-0.15, -0.1) is 0 Å². The van der Waals surface area contributed by atoms with Crippen molar-refractivity contribution in [2.24, 2.45) is 0 Å². The van der Waals surface area contributed by atoms with E-state index in [1.165, 1.54) is 0 Å². The van der Waals surface area contributed by atoms with Crippen molar-refractivity contribution in [2.45, 2.75) is 44.6 Å². The van der Waals surface area contributed by atoms with Crippen LogP contribution in [0.5, 0.6) is 0 Å². The van der Waals surface area contributed by atoms with E-state index >= 15 is 0 Å². The normalized spacial score (nSPS) is 13.8. The Morgan fingerprint density at radius 2 is 1.55 bits per heavy atom. The van der Waals surface area contributed by atoms with E-state index in [9.17, 15) is 14.4 Å². The molecule has 0 aromatic heterocycles. The third-order valence-electron chi connectivity index (χ3n) is 2.49. The Hall–Kier alpha value is -3.59. The summed E-state index contributed by atoms with van der Waals surface area (Å²) in [7, 11) is 0. The van der Waals surface area contributed by atoms with E-state index in [1.54, 1.807) is 0 Å². The smallest absolute Gasteiger partial charge is 0.430 e. The van der Waals surface area contributed by atoms with Gasteiger partial charge < -0.3 is 18.6 Å². The summed E-state index contributed by atoms with van der Waals surface area (Å²) in [5, 5.41) is 0.466. The predicted molar refractivity (Wildman–Crippen MR) is 61.6 cm³/mol. The van der Waals surface area contributed by atoms with Crippen molar-refractivity contribution in [3.8, 4) is 0 Å². The zero-order valence-corrected chi connectivity index (χ0v) is 16.8. The third-order valence-corrected chi connectivity index (χ3v) is 2.49. The Morgan fingerprint density at radius 1 is 1.10 bits per heavy atom. The molecule has 118 valence electrons. The van der Waals surface area contributed by atoms with E-state index < -0.39 is 18.0 Å². The first kappa shape index (κ1) is 18.8. The molecule has 1 fully saturated rings. The van der Waals surface area contributed by atoms with Gasteiger partial charge in [0, 0.05) is 12.8 Å². The number of amides is 2. The van der Waals surface area contributed by atoms with Crippen LogP contribution in [0.25, 0.3) is 0 Å². The third kappa shape index (κ3) is 4.73. The SMILES string of the molecule is [CH2-]CCC(CC[CH2-])OC(=O)ON1C(=O)CCC1=O.[Cm].[Cm]. The number of nitrogens with zero attached hydrogens (tertiary/aromatic N) is 1. The van der Waals surface area contributed by atoms with Crippen LogP contribution in [0.2, 0.25) is 0 Å². The second-order valence-electron chi connectivity index (χ2n) is 3.95. The molecular weight excluding hydrogens is 732 g/mol. The molecule has 0 spiro atoms. The number of carbonyl (C=O) groups is 3. The summed E-state index contributed by atoms with van der Waals surface area (Å²) in [6.07, 6.45) is 1.14. The molecule has 8 heteroatoms. The van der Waals surface area contributed by atoms with Gasteiger partial charge in [0.25, 0.3) is 11.8 Å². The molecule has 0 aromatic rings. The van der Waals surface area contributed by atoms with E-state index in [0.29, 0.717) is 30.7 Å². The number of hydrogen-bond acceptors (Lipinski definition) is 5. The van der Waals surface area contributed by atoms with E-state index in [0.717, 1.165) is 0 Å². The quantitative estimate of drug-likeness (QED) is 0.236. The van der Waals surface area contributed by atoms with E-state index in [4.69, 9.17) is 4.74 Å². The van der Waals surface area contributed by atoms with Crippen molar-refractivity contribution in [3.63, 3.8) is 0 Å². The fourth-order valence-corrected chi connectivity index (χ4v) is 1.61. The number of rotatable bonds is 6. The van der Waals surface area contributed by atoms with Crippen molar-refractivity contribution >= 4 is 18.0 Å². The largest absolute Gasteiger partial charge is 0.534 e. The Balaban J connectivity index is 0. The number of hydroxylamine groups is 2. The van der Waals surface area contributed by atoms with Crippen LogP contribution in [-0.4, -0.2) is 29.1 Å². The Kier molecular flexibility index (Phi) is 7.97. The Labute approximate surface area is 106 Å². The number of imide groups is 1. The molecule has 20 heavy (non-hydrogen) atoms. The van der Waals surface area contributed by atoms with Gasteiger partial charge in [0.1, 0.15) is 6.10 Å². The molecule has 1 saturated heterocycles. The van der Waals surface area contributed by atoms with Crippen molar-refractivity contribution in [1.29, 1.82) is 0 Å². The summed E-state index contributed by atoms with van der Waals surface area (Å²) in [5.74, 6) is -1.05. The zero-order valence-electron chi connectivity index (χ0n) is 10.9. The van der Waals surface area contributed by atoms with Crippen molar-refractivity contribution in [1.82, 2.24) is 5.06 Å². The molecule has 1 rings (SSSR count). The first-order valence-electron chi connectivity index (χ1n) is 5.91. The van der Waals surface area contributed by atoms with Gasteiger partial charge in [-0.2, -0.15) is 12.8 Å². The zero-order chi connectivity index (χ0) is 13.5. The standard InChI is InChI=1S/C12H17NO5.2Cm/c1-3-5-9(6-4-2)17-12(16)18-13-10(14)7-8-11(13)15;;/h9H,1-8H2;;/q-2;;. The molecular formula is C12H17Cm2NO5-2. The minimum Gasteiger partial charge on any atom is -0.430 e. The van der Waals surface area contributed by atoms with E-state index in [-0.39, 0.29) is 18.9 Å². The maximum absolute atomic E-state index is 11.4. The van der Waals surface area contributed by atoms with Gasteiger partial charge in [0.2, 0.25) is 0 Å². The summed E-state index contributed by atoms with van der Waals surface area (Å²) in [6.45, 7) is 7.34. The summed E-state index contributed by atoms with van der Waals surface area (Å²) in [5.41, 5.74) is 0. The molecule has 0 unspecified atom stereocenters.